The maximum Gasteiger partial charge on any atom is 0.254 e. The number of hydrogen-bond acceptors (Lipinski definition) is 5. The number of aryl methyl sites for hydroxylation is 1. The smallest absolute Gasteiger partial charge is 0.254 e. The van der Waals surface area contributed by atoms with E-state index in [2.05, 4.69) is 10.1 Å². The van der Waals surface area contributed by atoms with Crippen LogP contribution in [0.15, 0.2) is 53.1 Å². The van der Waals surface area contributed by atoms with Crippen molar-refractivity contribution in [3.8, 4) is 17.1 Å². The summed E-state index contributed by atoms with van der Waals surface area (Å²) in [5, 5.41) is 3.99. The van der Waals surface area contributed by atoms with E-state index in [1.807, 2.05) is 38.1 Å². The summed E-state index contributed by atoms with van der Waals surface area (Å²) in [6.45, 7) is 4.77. The molecule has 0 aliphatic heterocycles. The summed E-state index contributed by atoms with van der Waals surface area (Å²) < 4.78 is 10.7. The average Bonchev–Trinajstić information content (AvgIpc) is 3.11. The van der Waals surface area contributed by atoms with Gasteiger partial charge in [-0.1, -0.05) is 35.0 Å². The third kappa shape index (κ3) is 4.08. The highest BCUT2D eigenvalue weighted by Crippen LogP contribution is 2.18. The maximum absolute atomic E-state index is 12.5. The Labute approximate surface area is 152 Å². The summed E-state index contributed by atoms with van der Waals surface area (Å²) in [4.78, 5) is 18.4. The van der Waals surface area contributed by atoms with E-state index >= 15 is 0 Å². The van der Waals surface area contributed by atoms with E-state index in [1.165, 1.54) is 0 Å². The van der Waals surface area contributed by atoms with Gasteiger partial charge in [0.25, 0.3) is 5.91 Å². The van der Waals surface area contributed by atoms with Gasteiger partial charge in [0, 0.05) is 18.2 Å². The van der Waals surface area contributed by atoms with Crippen LogP contribution in [0.25, 0.3) is 11.4 Å². The quantitative estimate of drug-likeness (QED) is 0.677. The normalized spacial score (nSPS) is 10.6. The molecule has 0 unspecified atom stereocenters. The van der Waals surface area contributed by atoms with Crippen molar-refractivity contribution in [1.82, 2.24) is 15.0 Å². The molecule has 0 saturated heterocycles. The molecule has 0 saturated carbocycles. The molecule has 0 aliphatic rings. The van der Waals surface area contributed by atoms with Crippen LogP contribution in [-0.4, -0.2) is 34.6 Å². The van der Waals surface area contributed by atoms with Gasteiger partial charge in [0.05, 0.1) is 13.2 Å². The maximum atomic E-state index is 12.5. The van der Waals surface area contributed by atoms with Crippen LogP contribution in [0.1, 0.15) is 28.7 Å². The van der Waals surface area contributed by atoms with Crippen molar-refractivity contribution in [1.29, 1.82) is 0 Å². The van der Waals surface area contributed by atoms with Crippen LogP contribution in [0.3, 0.4) is 0 Å². The number of hydrogen-bond donors (Lipinski definition) is 0. The van der Waals surface area contributed by atoms with E-state index in [-0.39, 0.29) is 12.5 Å². The van der Waals surface area contributed by atoms with Crippen LogP contribution in [0.4, 0.5) is 0 Å². The fraction of sp³-hybridized carbons (Fsp3) is 0.250. The lowest BCUT2D eigenvalue weighted by Crippen LogP contribution is -2.26. The van der Waals surface area contributed by atoms with E-state index in [9.17, 15) is 4.79 Å². The van der Waals surface area contributed by atoms with Gasteiger partial charge in [0.1, 0.15) is 5.75 Å². The second kappa shape index (κ2) is 7.82. The molecule has 3 rings (SSSR count). The summed E-state index contributed by atoms with van der Waals surface area (Å²) in [5.74, 6) is 1.53. The molecule has 0 N–H and O–H groups in total. The molecule has 0 spiro atoms. The molecular weight excluding hydrogens is 330 g/mol. The molecular formula is C20H21N3O3. The number of rotatable bonds is 6. The summed E-state index contributed by atoms with van der Waals surface area (Å²) in [6, 6.07) is 14.9. The second-order valence-electron chi connectivity index (χ2n) is 6.00. The SMILES string of the molecule is CCOc1ccc(C(=O)N(C)Cc2nc(-c3ccc(C)cc3)no2)cc1. The molecule has 1 amide bonds. The number of aromatic nitrogens is 2. The third-order valence-corrected chi connectivity index (χ3v) is 3.91. The summed E-state index contributed by atoms with van der Waals surface area (Å²) in [6.07, 6.45) is 0. The zero-order valence-electron chi connectivity index (χ0n) is 15.1. The number of carbonyl (C=O) groups is 1. The first-order chi connectivity index (χ1) is 12.6. The largest absolute Gasteiger partial charge is 0.494 e. The Morgan fingerprint density at radius 3 is 2.46 bits per heavy atom. The van der Waals surface area contributed by atoms with Crippen molar-refractivity contribution < 1.29 is 14.1 Å². The second-order valence-corrected chi connectivity index (χ2v) is 6.00. The molecule has 1 aromatic heterocycles. The van der Waals surface area contributed by atoms with Crippen molar-refractivity contribution in [2.75, 3.05) is 13.7 Å². The first-order valence-corrected chi connectivity index (χ1v) is 8.44. The molecule has 2 aromatic carbocycles. The lowest BCUT2D eigenvalue weighted by molar-refractivity contribution is 0.0769. The van der Waals surface area contributed by atoms with Crippen molar-refractivity contribution in [2.24, 2.45) is 0 Å². The van der Waals surface area contributed by atoms with E-state index in [0.717, 1.165) is 16.9 Å². The average molecular weight is 351 g/mol. The number of carbonyl (C=O) groups excluding carboxylic acids is 1. The van der Waals surface area contributed by atoms with Gasteiger partial charge in [0.15, 0.2) is 0 Å². The molecule has 0 fully saturated rings. The number of amides is 1. The van der Waals surface area contributed by atoms with E-state index in [0.29, 0.717) is 23.9 Å². The summed E-state index contributed by atoms with van der Waals surface area (Å²) in [5.41, 5.74) is 2.62. The van der Waals surface area contributed by atoms with Gasteiger partial charge in [-0.3, -0.25) is 4.79 Å². The fourth-order valence-corrected chi connectivity index (χ4v) is 2.49. The number of ether oxygens (including phenoxy) is 1. The zero-order chi connectivity index (χ0) is 18.5. The van der Waals surface area contributed by atoms with Gasteiger partial charge < -0.3 is 14.2 Å². The highest BCUT2D eigenvalue weighted by Gasteiger charge is 2.16. The van der Waals surface area contributed by atoms with Gasteiger partial charge >= 0.3 is 0 Å². The Morgan fingerprint density at radius 1 is 1.12 bits per heavy atom. The van der Waals surface area contributed by atoms with E-state index in [1.54, 1.807) is 36.2 Å². The Kier molecular flexibility index (Phi) is 5.31. The van der Waals surface area contributed by atoms with E-state index < -0.39 is 0 Å². The van der Waals surface area contributed by atoms with Crippen molar-refractivity contribution in [3.05, 3.63) is 65.5 Å². The van der Waals surface area contributed by atoms with E-state index in [4.69, 9.17) is 9.26 Å². The summed E-state index contributed by atoms with van der Waals surface area (Å²) in [7, 11) is 1.70. The Morgan fingerprint density at radius 2 is 1.81 bits per heavy atom. The van der Waals surface area contributed by atoms with Gasteiger partial charge in [-0.05, 0) is 38.1 Å². The zero-order valence-corrected chi connectivity index (χ0v) is 15.1. The Balaban J connectivity index is 1.66. The first kappa shape index (κ1) is 17.7. The molecule has 0 atom stereocenters. The predicted octanol–water partition coefficient (Wildman–Crippen LogP) is 3.72. The minimum Gasteiger partial charge on any atom is -0.494 e. The number of benzene rings is 2. The first-order valence-electron chi connectivity index (χ1n) is 8.44. The van der Waals surface area contributed by atoms with Crippen molar-refractivity contribution in [2.45, 2.75) is 20.4 Å². The molecule has 0 radical (unpaired) electrons. The Hall–Kier alpha value is -3.15. The predicted molar refractivity (Wildman–Crippen MR) is 97.9 cm³/mol. The topological polar surface area (TPSA) is 68.5 Å². The summed E-state index contributed by atoms with van der Waals surface area (Å²) >= 11 is 0. The van der Waals surface area contributed by atoms with Gasteiger partial charge in [0.2, 0.25) is 11.7 Å². The lowest BCUT2D eigenvalue weighted by Gasteiger charge is -2.15. The monoisotopic (exact) mass is 351 g/mol. The number of nitrogens with zero attached hydrogens (tertiary/aromatic N) is 3. The highest BCUT2D eigenvalue weighted by atomic mass is 16.5. The minimum absolute atomic E-state index is 0.122. The van der Waals surface area contributed by atoms with Crippen LogP contribution in [0.5, 0.6) is 5.75 Å². The molecule has 0 aliphatic carbocycles. The fourth-order valence-electron chi connectivity index (χ4n) is 2.49. The van der Waals surface area contributed by atoms with Crippen LogP contribution in [0.2, 0.25) is 0 Å². The standard InChI is InChI=1S/C20H21N3O3/c1-4-25-17-11-9-16(10-12-17)20(24)23(3)13-18-21-19(22-26-18)15-7-5-14(2)6-8-15/h5-12H,4,13H2,1-3H3. The lowest BCUT2D eigenvalue weighted by atomic mass is 10.1. The molecule has 0 bridgehead atoms. The molecule has 26 heavy (non-hydrogen) atoms. The van der Waals surface area contributed by atoms with Crippen molar-refractivity contribution >= 4 is 5.91 Å². The van der Waals surface area contributed by atoms with Crippen LogP contribution in [0, 0.1) is 6.92 Å². The van der Waals surface area contributed by atoms with Gasteiger partial charge in [-0.25, -0.2) is 0 Å². The highest BCUT2D eigenvalue weighted by molar-refractivity contribution is 5.94. The molecule has 6 nitrogen and oxygen atoms in total. The molecule has 1 heterocycles. The van der Waals surface area contributed by atoms with Gasteiger partial charge in [-0.15, -0.1) is 0 Å². The molecule has 134 valence electrons. The molecule has 3 aromatic rings. The Bertz CT molecular complexity index is 870. The third-order valence-electron chi connectivity index (χ3n) is 3.91. The molecule has 6 heteroatoms. The van der Waals surface area contributed by atoms with Crippen LogP contribution >= 0.6 is 0 Å². The minimum atomic E-state index is -0.122. The van der Waals surface area contributed by atoms with Gasteiger partial charge in [-0.2, -0.15) is 4.98 Å². The van der Waals surface area contributed by atoms with Crippen LogP contribution in [-0.2, 0) is 6.54 Å². The van der Waals surface area contributed by atoms with Crippen molar-refractivity contribution in [3.63, 3.8) is 0 Å². The van der Waals surface area contributed by atoms with Crippen LogP contribution < -0.4 is 4.74 Å².